The molecule has 1 aliphatic heterocycles. The zero-order valence-corrected chi connectivity index (χ0v) is 13.1. The summed E-state index contributed by atoms with van der Waals surface area (Å²) in [7, 11) is 0. The summed E-state index contributed by atoms with van der Waals surface area (Å²) in [6, 6.07) is 13.6. The lowest BCUT2D eigenvalue weighted by Crippen LogP contribution is -2.39. The average molecular weight is 312 g/mol. The molecular weight excluding hydrogens is 292 g/mol. The molecule has 5 heteroatoms. The second-order valence-electron chi connectivity index (χ2n) is 5.31. The van der Waals surface area contributed by atoms with Crippen molar-refractivity contribution in [2.24, 2.45) is 0 Å². The van der Waals surface area contributed by atoms with Crippen LogP contribution in [0.2, 0.25) is 0 Å². The second-order valence-corrected chi connectivity index (χ2v) is 5.31. The molecule has 1 fully saturated rings. The highest BCUT2D eigenvalue weighted by Crippen LogP contribution is 2.27. The van der Waals surface area contributed by atoms with Crippen LogP contribution in [0, 0.1) is 0 Å². The Kier molecular flexibility index (Phi) is 4.88. The van der Waals surface area contributed by atoms with E-state index in [0.29, 0.717) is 37.7 Å². The van der Waals surface area contributed by atoms with Gasteiger partial charge in [0.15, 0.2) is 0 Å². The summed E-state index contributed by atoms with van der Waals surface area (Å²) in [5.41, 5.74) is 1.63. The van der Waals surface area contributed by atoms with Crippen molar-refractivity contribution < 1.29 is 14.3 Å². The van der Waals surface area contributed by atoms with Crippen LogP contribution in [0.3, 0.4) is 0 Å². The number of pyridine rings is 1. The second kappa shape index (κ2) is 7.24. The van der Waals surface area contributed by atoms with Gasteiger partial charge >= 0.3 is 5.97 Å². The Morgan fingerprint density at radius 1 is 1.30 bits per heavy atom. The van der Waals surface area contributed by atoms with Crippen LogP contribution in [0.4, 0.5) is 5.82 Å². The van der Waals surface area contributed by atoms with Crippen molar-refractivity contribution in [2.75, 3.05) is 31.2 Å². The molecule has 0 radical (unpaired) electrons. The first-order chi connectivity index (χ1) is 11.3. The van der Waals surface area contributed by atoms with Gasteiger partial charge in [0.25, 0.3) is 0 Å². The molecule has 23 heavy (non-hydrogen) atoms. The molecule has 0 amide bonds. The number of ether oxygens (including phenoxy) is 2. The van der Waals surface area contributed by atoms with Gasteiger partial charge in [-0.25, -0.2) is 9.78 Å². The van der Waals surface area contributed by atoms with Gasteiger partial charge in [0.2, 0.25) is 0 Å². The Morgan fingerprint density at radius 3 is 2.91 bits per heavy atom. The van der Waals surface area contributed by atoms with Crippen LogP contribution >= 0.6 is 0 Å². The molecule has 3 rings (SSSR count). The van der Waals surface area contributed by atoms with E-state index < -0.39 is 0 Å². The summed E-state index contributed by atoms with van der Waals surface area (Å²) in [6.45, 7) is 4.11. The van der Waals surface area contributed by atoms with Crippen LogP contribution in [0.25, 0.3) is 0 Å². The molecule has 0 aliphatic carbocycles. The highest BCUT2D eigenvalue weighted by Gasteiger charge is 2.26. The van der Waals surface area contributed by atoms with Crippen molar-refractivity contribution in [2.45, 2.75) is 13.0 Å². The number of morpholine rings is 1. The fourth-order valence-corrected chi connectivity index (χ4v) is 2.73. The fraction of sp³-hybridized carbons (Fsp3) is 0.333. The molecule has 0 N–H and O–H groups in total. The number of nitrogens with zero attached hydrogens (tertiary/aromatic N) is 2. The molecule has 1 atom stereocenters. The number of anilines is 1. The molecular formula is C18H20N2O3. The van der Waals surface area contributed by atoms with Gasteiger partial charge < -0.3 is 14.4 Å². The summed E-state index contributed by atoms with van der Waals surface area (Å²) in [5.74, 6) is 0.327. The molecule has 0 unspecified atom stereocenters. The first-order valence-electron chi connectivity index (χ1n) is 7.83. The van der Waals surface area contributed by atoms with Crippen LogP contribution in [-0.4, -0.2) is 37.3 Å². The van der Waals surface area contributed by atoms with Crippen LogP contribution in [0.1, 0.15) is 28.9 Å². The predicted octanol–water partition coefficient (Wildman–Crippen LogP) is 2.84. The van der Waals surface area contributed by atoms with Crippen LogP contribution in [0.5, 0.6) is 0 Å². The molecule has 1 aromatic heterocycles. The maximum Gasteiger partial charge on any atom is 0.341 e. The number of hydrogen-bond acceptors (Lipinski definition) is 5. The lowest BCUT2D eigenvalue weighted by molar-refractivity contribution is 0.0389. The summed E-state index contributed by atoms with van der Waals surface area (Å²) in [6.07, 6.45) is 1.67. The zero-order chi connectivity index (χ0) is 16.1. The number of rotatable bonds is 4. The SMILES string of the molecule is CCOC(=O)c1cccnc1N1CCO[C@@H](c2ccccc2)C1. The van der Waals surface area contributed by atoms with E-state index in [9.17, 15) is 4.79 Å². The van der Waals surface area contributed by atoms with Crippen molar-refractivity contribution in [3.05, 3.63) is 59.8 Å². The molecule has 0 bridgehead atoms. The minimum atomic E-state index is -0.335. The van der Waals surface area contributed by atoms with Gasteiger partial charge in [-0.05, 0) is 24.6 Å². The van der Waals surface area contributed by atoms with E-state index in [2.05, 4.69) is 22.0 Å². The average Bonchev–Trinajstić information content (AvgIpc) is 2.63. The Labute approximate surface area is 135 Å². The highest BCUT2D eigenvalue weighted by molar-refractivity contribution is 5.94. The largest absolute Gasteiger partial charge is 0.462 e. The third kappa shape index (κ3) is 3.51. The summed E-state index contributed by atoms with van der Waals surface area (Å²) in [5, 5.41) is 0. The van der Waals surface area contributed by atoms with Crippen molar-refractivity contribution in [1.29, 1.82) is 0 Å². The first kappa shape index (κ1) is 15.5. The Bertz CT molecular complexity index is 660. The number of carbonyl (C=O) groups excluding carboxylic acids is 1. The molecule has 120 valence electrons. The van der Waals surface area contributed by atoms with Gasteiger partial charge in [-0.2, -0.15) is 0 Å². The maximum absolute atomic E-state index is 12.1. The van der Waals surface area contributed by atoms with Gasteiger partial charge in [-0.3, -0.25) is 0 Å². The van der Waals surface area contributed by atoms with E-state index in [4.69, 9.17) is 9.47 Å². The molecule has 5 nitrogen and oxygen atoms in total. The number of aromatic nitrogens is 1. The van der Waals surface area contributed by atoms with Crippen LogP contribution < -0.4 is 4.90 Å². The Balaban J connectivity index is 1.83. The minimum Gasteiger partial charge on any atom is -0.462 e. The van der Waals surface area contributed by atoms with Crippen molar-refractivity contribution in [3.8, 4) is 0 Å². The lowest BCUT2D eigenvalue weighted by atomic mass is 10.1. The lowest BCUT2D eigenvalue weighted by Gasteiger charge is -2.34. The third-order valence-corrected chi connectivity index (χ3v) is 3.82. The monoisotopic (exact) mass is 312 g/mol. The van der Waals surface area contributed by atoms with Crippen molar-refractivity contribution >= 4 is 11.8 Å². The van der Waals surface area contributed by atoms with E-state index in [1.54, 1.807) is 25.3 Å². The number of hydrogen-bond donors (Lipinski definition) is 0. The smallest absolute Gasteiger partial charge is 0.341 e. The Hall–Kier alpha value is -2.40. The van der Waals surface area contributed by atoms with Gasteiger partial charge in [-0.15, -0.1) is 0 Å². The van der Waals surface area contributed by atoms with Crippen molar-refractivity contribution in [3.63, 3.8) is 0 Å². The van der Waals surface area contributed by atoms with Crippen molar-refractivity contribution in [1.82, 2.24) is 4.98 Å². The maximum atomic E-state index is 12.1. The summed E-state index contributed by atoms with van der Waals surface area (Å²) < 4.78 is 11.0. The Morgan fingerprint density at radius 2 is 2.13 bits per heavy atom. The van der Waals surface area contributed by atoms with Crippen LogP contribution in [-0.2, 0) is 9.47 Å². The normalized spacial score (nSPS) is 17.8. The van der Waals surface area contributed by atoms with Gasteiger partial charge in [0, 0.05) is 19.3 Å². The van der Waals surface area contributed by atoms with E-state index in [1.165, 1.54) is 0 Å². The first-order valence-corrected chi connectivity index (χ1v) is 7.83. The standard InChI is InChI=1S/C18H20N2O3/c1-2-22-18(21)15-9-6-10-19-17(15)20-11-12-23-16(13-20)14-7-4-3-5-8-14/h3-10,16H,2,11-13H2,1H3/t16-/m1/s1. The quantitative estimate of drug-likeness (QED) is 0.813. The molecule has 2 heterocycles. The number of esters is 1. The molecule has 1 aliphatic rings. The number of benzene rings is 1. The molecule has 0 spiro atoms. The van der Waals surface area contributed by atoms with Gasteiger partial charge in [-0.1, -0.05) is 30.3 Å². The van der Waals surface area contributed by atoms with Gasteiger partial charge in [0.1, 0.15) is 17.5 Å². The molecule has 0 saturated carbocycles. The highest BCUT2D eigenvalue weighted by atomic mass is 16.5. The van der Waals surface area contributed by atoms with Gasteiger partial charge in [0.05, 0.1) is 13.2 Å². The predicted molar refractivity (Wildman–Crippen MR) is 87.5 cm³/mol. The van der Waals surface area contributed by atoms with E-state index in [-0.39, 0.29) is 12.1 Å². The third-order valence-electron chi connectivity index (χ3n) is 3.82. The van der Waals surface area contributed by atoms with E-state index >= 15 is 0 Å². The topological polar surface area (TPSA) is 51.7 Å². The van der Waals surface area contributed by atoms with E-state index in [0.717, 1.165) is 5.56 Å². The molecule has 2 aromatic rings. The summed E-state index contributed by atoms with van der Waals surface area (Å²) >= 11 is 0. The molecule has 1 aromatic carbocycles. The minimum absolute atomic E-state index is 0.0259. The number of carbonyl (C=O) groups is 1. The molecule has 1 saturated heterocycles. The summed E-state index contributed by atoms with van der Waals surface area (Å²) in [4.78, 5) is 18.6. The fourth-order valence-electron chi connectivity index (χ4n) is 2.73. The van der Waals surface area contributed by atoms with Crippen LogP contribution in [0.15, 0.2) is 48.7 Å². The zero-order valence-electron chi connectivity index (χ0n) is 13.1. The van der Waals surface area contributed by atoms with E-state index in [1.807, 2.05) is 18.2 Å².